The van der Waals surface area contributed by atoms with E-state index in [0.29, 0.717) is 12.1 Å². The van der Waals surface area contributed by atoms with Crippen LogP contribution in [0.3, 0.4) is 0 Å². The van der Waals surface area contributed by atoms with Crippen LogP contribution in [-0.4, -0.2) is 17.8 Å². The van der Waals surface area contributed by atoms with E-state index in [-0.39, 0.29) is 10.2 Å². The van der Waals surface area contributed by atoms with Crippen molar-refractivity contribution in [2.75, 3.05) is 5.32 Å². The minimum Gasteiger partial charge on any atom is -0.405 e. The first-order valence-corrected chi connectivity index (χ1v) is 7.00. The summed E-state index contributed by atoms with van der Waals surface area (Å²) in [5.41, 5.74) is 5.16. The van der Waals surface area contributed by atoms with E-state index in [2.05, 4.69) is 26.0 Å². The van der Waals surface area contributed by atoms with Gasteiger partial charge >= 0.3 is 6.36 Å². The Labute approximate surface area is 129 Å². The lowest BCUT2D eigenvalue weighted by Crippen LogP contribution is -2.48. The number of anilines is 1. The van der Waals surface area contributed by atoms with Crippen molar-refractivity contribution in [3.8, 4) is 5.75 Å². The third-order valence-corrected chi connectivity index (χ3v) is 3.32. The zero-order valence-corrected chi connectivity index (χ0v) is 13.1. The van der Waals surface area contributed by atoms with Crippen molar-refractivity contribution < 1.29 is 22.7 Å². The van der Waals surface area contributed by atoms with Crippen molar-refractivity contribution >= 4 is 27.5 Å². The van der Waals surface area contributed by atoms with Crippen LogP contribution in [-0.2, 0) is 4.79 Å². The summed E-state index contributed by atoms with van der Waals surface area (Å²) in [7, 11) is 0. The van der Waals surface area contributed by atoms with Gasteiger partial charge in [-0.15, -0.1) is 13.2 Å². The molecule has 21 heavy (non-hydrogen) atoms. The van der Waals surface area contributed by atoms with E-state index in [1.54, 1.807) is 6.92 Å². The van der Waals surface area contributed by atoms with Gasteiger partial charge in [-0.2, -0.15) is 0 Å². The van der Waals surface area contributed by atoms with Gasteiger partial charge < -0.3 is 15.8 Å². The lowest BCUT2D eigenvalue weighted by molar-refractivity contribution is -0.274. The second kappa shape index (κ2) is 6.65. The molecule has 118 valence electrons. The number of amides is 1. The number of benzene rings is 1. The van der Waals surface area contributed by atoms with Crippen molar-refractivity contribution in [3.63, 3.8) is 0 Å². The van der Waals surface area contributed by atoms with Crippen LogP contribution in [0.25, 0.3) is 0 Å². The maximum absolute atomic E-state index is 12.1. The van der Waals surface area contributed by atoms with Crippen molar-refractivity contribution in [1.82, 2.24) is 0 Å². The lowest BCUT2D eigenvalue weighted by atomic mass is 9.96. The summed E-state index contributed by atoms with van der Waals surface area (Å²) in [6, 6.07) is 3.74. The van der Waals surface area contributed by atoms with E-state index in [1.807, 2.05) is 6.92 Å². The monoisotopic (exact) mass is 368 g/mol. The van der Waals surface area contributed by atoms with Gasteiger partial charge in [0.25, 0.3) is 0 Å². The smallest absolute Gasteiger partial charge is 0.405 e. The molecule has 0 saturated heterocycles. The number of ether oxygens (including phenoxy) is 1. The van der Waals surface area contributed by atoms with Gasteiger partial charge in [0.2, 0.25) is 5.91 Å². The second-order valence-electron chi connectivity index (χ2n) is 4.81. The highest BCUT2D eigenvalue weighted by Gasteiger charge is 2.32. The second-order valence-corrected chi connectivity index (χ2v) is 5.67. The molecule has 0 aliphatic carbocycles. The molecule has 0 spiro atoms. The first-order valence-electron chi connectivity index (χ1n) is 6.21. The molecule has 8 heteroatoms. The molecule has 4 nitrogen and oxygen atoms in total. The highest BCUT2D eigenvalue weighted by atomic mass is 79.9. The zero-order valence-electron chi connectivity index (χ0n) is 11.6. The first-order chi connectivity index (χ1) is 9.55. The van der Waals surface area contributed by atoms with E-state index in [0.717, 1.165) is 12.5 Å². The molecule has 0 aromatic heterocycles. The Morgan fingerprint density at radius 2 is 2.05 bits per heavy atom. The fraction of sp³-hybridized carbons (Fsp3) is 0.462. The molecule has 1 atom stereocenters. The number of carbonyl (C=O) groups is 1. The normalized spacial score (nSPS) is 14.4. The predicted octanol–water partition coefficient (Wildman–Crippen LogP) is 3.80. The maximum atomic E-state index is 12.1. The fourth-order valence-corrected chi connectivity index (χ4v) is 2.15. The van der Waals surface area contributed by atoms with Crippen LogP contribution in [0.2, 0.25) is 0 Å². The highest BCUT2D eigenvalue weighted by molar-refractivity contribution is 9.10. The SMILES string of the molecule is CCCC(C)(N)C(=O)Nc1ccc(OC(F)(F)F)c(Br)c1. The molecule has 1 amide bonds. The minimum atomic E-state index is -4.77. The van der Waals surface area contributed by atoms with Gasteiger partial charge in [-0.05, 0) is 47.5 Å². The predicted molar refractivity (Wildman–Crippen MR) is 77.0 cm³/mol. The van der Waals surface area contributed by atoms with Crippen LogP contribution in [0.1, 0.15) is 26.7 Å². The zero-order chi connectivity index (χ0) is 16.3. The number of carbonyl (C=O) groups excluding carboxylic acids is 1. The van der Waals surface area contributed by atoms with Crippen LogP contribution in [0, 0.1) is 0 Å². The molecule has 0 bridgehead atoms. The number of nitrogens with one attached hydrogen (secondary N) is 1. The third kappa shape index (κ3) is 5.55. The Bertz CT molecular complexity index is 519. The van der Waals surface area contributed by atoms with Crippen LogP contribution in [0.4, 0.5) is 18.9 Å². The van der Waals surface area contributed by atoms with Crippen molar-refractivity contribution in [2.24, 2.45) is 5.73 Å². The first kappa shape index (κ1) is 17.8. The van der Waals surface area contributed by atoms with E-state index in [4.69, 9.17) is 5.73 Å². The molecular weight excluding hydrogens is 353 g/mol. The molecule has 0 heterocycles. The van der Waals surface area contributed by atoms with Crippen molar-refractivity contribution in [3.05, 3.63) is 22.7 Å². The molecule has 1 aromatic carbocycles. The van der Waals surface area contributed by atoms with Gasteiger partial charge in [0, 0.05) is 5.69 Å². The van der Waals surface area contributed by atoms with Gasteiger partial charge in [0.05, 0.1) is 10.0 Å². The quantitative estimate of drug-likeness (QED) is 0.830. The Kier molecular flexibility index (Phi) is 5.63. The Hall–Kier alpha value is -1.28. The summed E-state index contributed by atoms with van der Waals surface area (Å²) < 4.78 is 40.3. The summed E-state index contributed by atoms with van der Waals surface area (Å²) in [5.74, 6) is -0.787. The summed E-state index contributed by atoms with van der Waals surface area (Å²) >= 11 is 2.96. The van der Waals surface area contributed by atoms with Gasteiger partial charge in [-0.3, -0.25) is 4.79 Å². The van der Waals surface area contributed by atoms with Crippen molar-refractivity contribution in [2.45, 2.75) is 38.6 Å². The highest BCUT2D eigenvalue weighted by Crippen LogP contribution is 2.32. The van der Waals surface area contributed by atoms with Crippen LogP contribution >= 0.6 is 15.9 Å². The minimum absolute atomic E-state index is 0.0758. The van der Waals surface area contributed by atoms with Gasteiger partial charge in [0.15, 0.2) is 0 Å². The van der Waals surface area contributed by atoms with E-state index in [1.165, 1.54) is 12.1 Å². The Morgan fingerprint density at radius 1 is 1.43 bits per heavy atom. The lowest BCUT2D eigenvalue weighted by Gasteiger charge is -2.23. The largest absolute Gasteiger partial charge is 0.573 e. The standard InChI is InChI=1S/C13H16BrF3N2O2/c1-3-6-12(2,18)11(20)19-8-4-5-10(9(14)7-8)21-13(15,16)17/h4-5,7H,3,6,18H2,1-2H3,(H,19,20). The Morgan fingerprint density at radius 3 is 2.52 bits per heavy atom. The molecule has 0 aliphatic rings. The average Bonchev–Trinajstić information content (AvgIpc) is 2.31. The number of hydrogen-bond acceptors (Lipinski definition) is 3. The molecule has 3 N–H and O–H groups in total. The van der Waals surface area contributed by atoms with Gasteiger partial charge in [-0.1, -0.05) is 13.3 Å². The van der Waals surface area contributed by atoms with Crippen LogP contribution in [0.5, 0.6) is 5.75 Å². The summed E-state index contributed by atoms with van der Waals surface area (Å²) in [5, 5.41) is 2.57. The topological polar surface area (TPSA) is 64.4 Å². The van der Waals surface area contributed by atoms with Crippen LogP contribution < -0.4 is 15.8 Å². The molecule has 1 unspecified atom stereocenters. The molecule has 0 radical (unpaired) electrons. The van der Waals surface area contributed by atoms with E-state index >= 15 is 0 Å². The number of nitrogens with two attached hydrogens (primary N) is 1. The molecule has 0 aliphatic heterocycles. The number of alkyl halides is 3. The Balaban J connectivity index is 2.83. The number of hydrogen-bond donors (Lipinski definition) is 2. The van der Waals surface area contributed by atoms with Crippen molar-refractivity contribution in [1.29, 1.82) is 0 Å². The summed E-state index contributed by atoms with van der Waals surface area (Å²) in [6.45, 7) is 3.50. The number of rotatable bonds is 5. The maximum Gasteiger partial charge on any atom is 0.573 e. The molecular formula is C13H16BrF3N2O2. The van der Waals surface area contributed by atoms with E-state index in [9.17, 15) is 18.0 Å². The summed E-state index contributed by atoms with van der Waals surface area (Å²) in [4.78, 5) is 12.0. The molecule has 0 saturated carbocycles. The van der Waals surface area contributed by atoms with Gasteiger partial charge in [-0.25, -0.2) is 0 Å². The van der Waals surface area contributed by atoms with E-state index < -0.39 is 17.8 Å². The fourth-order valence-electron chi connectivity index (χ4n) is 1.69. The molecule has 0 fully saturated rings. The summed E-state index contributed by atoms with van der Waals surface area (Å²) in [6.07, 6.45) is -3.54. The third-order valence-electron chi connectivity index (χ3n) is 2.70. The average molecular weight is 369 g/mol. The number of halogens is 4. The molecule has 1 rings (SSSR count). The molecule has 1 aromatic rings. The van der Waals surface area contributed by atoms with Gasteiger partial charge in [0.1, 0.15) is 5.75 Å². The van der Waals surface area contributed by atoms with Crippen LogP contribution in [0.15, 0.2) is 22.7 Å².